The molecule has 0 saturated carbocycles. The van der Waals surface area contributed by atoms with Crippen molar-refractivity contribution < 1.29 is 4.79 Å². The largest absolute Gasteiger partial charge is 0.274 e. The Hall–Kier alpha value is -1.02. The summed E-state index contributed by atoms with van der Waals surface area (Å²) < 4.78 is 1.10. The molecule has 64 valence electrons. The van der Waals surface area contributed by atoms with Crippen LogP contribution in [0.5, 0.6) is 0 Å². The molecule has 0 fully saturated rings. The first-order valence-electron chi connectivity index (χ1n) is 3.64. The first kappa shape index (κ1) is 9.07. The fraction of sp³-hybridized carbons (Fsp3) is 0.222. The lowest BCUT2D eigenvalue weighted by atomic mass is 10.2. The third-order valence-corrected chi connectivity index (χ3v) is 1.94. The van der Waals surface area contributed by atoms with Crippen molar-refractivity contribution in [2.45, 2.75) is 13.8 Å². The minimum Gasteiger partial charge on any atom is -0.274 e. The average molecular weight is 184 g/mol. The van der Waals surface area contributed by atoms with E-state index in [0.717, 1.165) is 9.98 Å². The van der Waals surface area contributed by atoms with E-state index >= 15 is 0 Å². The van der Waals surface area contributed by atoms with Crippen LogP contribution in [0, 0.1) is 6.92 Å². The first-order chi connectivity index (χ1) is 5.61. The van der Waals surface area contributed by atoms with Gasteiger partial charge in [0.2, 0.25) is 5.91 Å². The SMILES string of the molecule is CC(=O)N(Cl)c1cccc(C)c1. The zero-order valence-corrected chi connectivity index (χ0v) is 7.80. The van der Waals surface area contributed by atoms with Gasteiger partial charge in [0.05, 0.1) is 5.69 Å². The minimum atomic E-state index is -0.178. The highest BCUT2D eigenvalue weighted by molar-refractivity contribution is 6.36. The number of nitrogens with zero attached hydrogens (tertiary/aromatic N) is 1. The summed E-state index contributed by atoms with van der Waals surface area (Å²) in [4.78, 5) is 10.8. The first-order valence-corrected chi connectivity index (χ1v) is 3.98. The molecule has 2 nitrogen and oxygen atoms in total. The van der Waals surface area contributed by atoms with Crippen molar-refractivity contribution in [3.05, 3.63) is 29.8 Å². The van der Waals surface area contributed by atoms with Gasteiger partial charge < -0.3 is 0 Å². The molecule has 0 atom stereocenters. The predicted octanol–water partition coefficient (Wildman–Crippen LogP) is 2.50. The molecule has 0 aromatic heterocycles. The van der Waals surface area contributed by atoms with Gasteiger partial charge in [-0.1, -0.05) is 12.1 Å². The summed E-state index contributed by atoms with van der Waals surface area (Å²) in [6.07, 6.45) is 0. The van der Waals surface area contributed by atoms with Crippen molar-refractivity contribution in [2.75, 3.05) is 4.42 Å². The van der Waals surface area contributed by atoms with Crippen LogP contribution in [0.2, 0.25) is 0 Å². The monoisotopic (exact) mass is 183 g/mol. The second-order valence-corrected chi connectivity index (χ2v) is 2.98. The van der Waals surface area contributed by atoms with E-state index in [1.54, 1.807) is 6.07 Å². The third-order valence-electron chi connectivity index (χ3n) is 1.50. The number of amides is 1. The predicted molar refractivity (Wildman–Crippen MR) is 50.2 cm³/mol. The molecule has 0 bridgehead atoms. The molecule has 0 spiro atoms. The van der Waals surface area contributed by atoms with E-state index in [9.17, 15) is 4.79 Å². The van der Waals surface area contributed by atoms with Crippen molar-refractivity contribution in [3.8, 4) is 0 Å². The standard InChI is InChI=1S/C9H10ClNO/c1-7-4-3-5-9(6-7)11(10)8(2)12/h3-6H,1-2H3. The van der Waals surface area contributed by atoms with E-state index in [-0.39, 0.29) is 5.91 Å². The molecule has 3 heteroatoms. The molecule has 1 rings (SSSR count). The normalized spacial score (nSPS) is 9.58. The Morgan fingerprint density at radius 2 is 2.17 bits per heavy atom. The fourth-order valence-corrected chi connectivity index (χ4v) is 1.04. The van der Waals surface area contributed by atoms with Gasteiger partial charge in [0.15, 0.2) is 0 Å². The van der Waals surface area contributed by atoms with E-state index in [1.165, 1.54) is 6.92 Å². The Bertz CT molecular complexity index is 298. The van der Waals surface area contributed by atoms with Gasteiger partial charge >= 0.3 is 0 Å². The number of aryl methyl sites for hydroxylation is 1. The Morgan fingerprint density at radius 3 is 2.67 bits per heavy atom. The summed E-state index contributed by atoms with van der Waals surface area (Å²) in [6, 6.07) is 7.47. The van der Waals surface area contributed by atoms with Crippen LogP contribution in [0.4, 0.5) is 5.69 Å². The fourth-order valence-electron chi connectivity index (χ4n) is 0.932. The van der Waals surface area contributed by atoms with E-state index < -0.39 is 0 Å². The molecule has 0 N–H and O–H groups in total. The summed E-state index contributed by atoms with van der Waals surface area (Å²) in [6.45, 7) is 3.38. The molecule has 0 radical (unpaired) electrons. The maximum atomic E-state index is 10.8. The van der Waals surface area contributed by atoms with Gasteiger partial charge in [-0.05, 0) is 24.6 Å². The smallest absolute Gasteiger partial charge is 0.238 e. The number of benzene rings is 1. The number of hydrogen-bond donors (Lipinski definition) is 0. The maximum absolute atomic E-state index is 10.8. The molecule has 0 aliphatic carbocycles. The van der Waals surface area contributed by atoms with E-state index in [2.05, 4.69) is 0 Å². The van der Waals surface area contributed by atoms with Crippen LogP contribution in [0.3, 0.4) is 0 Å². The lowest BCUT2D eigenvalue weighted by Gasteiger charge is -2.11. The van der Waals surface area contributed by atoms with E-state index in [4.69, 9.17) is 11.8 Å². The van der Waals surface area contributed by atoms with Crippen LogP contribution >= 0.6 is 11.8 Å². The van der Waals surface area contributed by atoms with Crippen molar-refractivity contribution in [1.82, 2.24) is 0 Å². The minimum absolute atomic E-state index is 0.178. The molecule has 12 heavy (non-hydrogen) atoms. The highest BCUT2D eigenvalue weighted by Crippen LogP contribution is 2.17. The molecular formula is C9H10ClNO. The van der Waals surface area contributed by atoms with Gasteiger partial charge in [0, 0.05) is 18.7 Å². The van der Waals surface area contributed by atoms with Gasteiger partial charge in [0.1, 0.15) is 0 Å². The van der Waals surface area contributed by atoms with Crippen molar-refractivity contribution >= 4 is 23.4 Å². The molecule has 1 aromatic rings. The second-order valence-electron chi connectivity index (χ2n) is 2.64. The van der Waals surface area contributed by atoms with Crippen molar-refractivity contribution in [1.29, 1.82) is 0 Å². The van der Waals surface area contributed by atoms with Gasteiger partial charge in [-0.3, -0.25) is 4.79 Å². The number of carbonyl (C=O) groups is 1. The Labute approximate surface area is 76.9 Å². The van der Waals surface area contributed by atoms with Crippen LogP contribution < -0.4 is 4.42 Å². The highest BCUT2D eigenvalue weighted by Gasteiger charge is 2.06. The van der Waals surface area contributed by atoms with Gasteiger partial charge in [-0.2, -0.15) is 0 Å². The second kappa shape index (κ2) is 3.59. The number of carbonyl (C=O) groups excluding carboxylic acids is 1. The van der Waals surface area contributed by atoms with Gasteiger partial charge in [-0.25, -0.2) is 4.42 Å². The quantitative estimate of drug-likeness (QED) is 0.613. The average Bonchev–Trinajstić information content (AvgIpc) is 2.03. The van der Waals surface area contributed by atoms with Crippen LogP contribution in [0.15, 0.2) is 24.3 Å². The zero-order valence-electron chi connectivity index (χ0n) is 7.04. The number of halogens is 1. The zero-order chi connectivity index (χ0) is 9.14. The van der Waals surface area contributed by atoms with Crippen LogP contribution in [-0.2, 0) is 4.79 Å². The molecule has 0 saturated heterocycles. The van der Waals surface area contributed by atoms with Gasteiger partial charge in [-0.15, -0.1) is 0 Å². The lowest BCUT2D eigenvalue weighted by molar-refractivity contribution is -0.115. The molecule has 0 heterocycles. The molecule has 0 unspecified atom stereocenters. The Kier molecular flexibility index (Phi) is 2.71. The summed E-state index contributed by atoms with van der Waals surface area (Å²) in [5, 5.41) is 0. The molecule has 1 aromatic carbocycles. The van der Waals surface area contributed by atoms with Crippen LogP contribution in [0.1, 0.15) is 12.5 Å². The lowest BCUT2D eigenvalue weighted by Crippen LogP contribution is -2.16. The highest BCUT2D eigenvalue weighted by atomic mass is 35.5. The maximum Gasteiger partial charge on any atom is 0.238 e. The number of rotatable bonds is 1. The molecule has 0 aliphatic rings. The Morgan fingerprint density at radius 1 is 1.50 bits per heavy atom. The van der Waals surface area contributed by atoms with E-state index in [0.29, 0.717) is 5.69 Å². The molecular weight excluding hydrogens is 174 g/mol. The number of anilines is 1. The van der Waals surface area contributed by atoms with Gasteiger partial charge in [0.25, 0.3) is 0 Å². The topological polar surface area (TPSA) is 20.3 Å². The summed E-state index contributed by atoms with van der Waals surface area (Å²) >= 11 is 5.70. The van der Waals surface area contributed by atoms with Crippen molar-refractivity contribution in [3.63, 3.8) is 0 Å². The van der Waals surface area contributed by atoms with Crippen molar-refractivity contribution in [2.24, 2.45) is 0 Å². The Balaban J connectivity index is 2.95. The summed E-state index contributed by atoms with van der Waals surface area (Å²) in [5.41, 5.74) is 1.79. The van der Waals surface area contributed by atoms with Crippen LogP contribution in [-0.4, -0.2) is 5.91 Å². The molecule has 0 aliphatic heterocycles. The summed E-state index contributed by atoms with van der Waals surface area (Å²) in [7, 11) is 0. The summed E-state index contributed by atoms with van der Waals surface area (Å²) in [5.74, 6) is -0.178. The van der Waals surface area contributed by atoms with Crippen LogP contribution in [0.25, 0.3) is 0 Å². The number of hydrogen-bond acceptors (Lipinski definition) is 1. The van der Waals surface area contributed by atoms with E-state index in [1.807, 2.05) is 25.1 Å². The molecule has 1 amide bonds. The third kappa shape index (κ3) is 1.98.